The smallest absolute Gasteiger partial charge is 0.227 e. The fraction of sp³-hybridized carbons (Fsp3) is 0.0227. The van der Waals surface area contributed by atoms with Gasteiger partial charge in [0.2, 0.25) is 5.89 Å². The molecular weight excluding hydrogens is 572 g/mol. The molecule has 0 fully saturated rings. The monoisotopic (exact) mass is 600 g/mol. The van der Waals surface area contributed by atoms with Gasteiger partial charge in [0, 0.05) is 22.5 Å². The number of aromatic nitrogens is 1. The average Bonchev–Trinajstić information content (AvgIpc) is 3.80. The minimum atomic E-state index is -0.343. The predicted octanol–water partition coefficient (Wildman–Crippen LogP) is 11.2. The second-order valence-corrected chi connectivity index (χ2v) is 12.4. The number of nitrogens with zero attached hydrogens (tertiary/aromatic N) is 1. The summed E-state index contributed by atoms with van der Waals surface area (Å²) in [6, 6.07) is 58.5. The number of para-hydroxylation sites is 2. The van der Waals surface area contributed by atoms with Gasteiger partial charge in [0.25, 0.3) is 0 Å². The minimum Gasteiger partial charge on any atom is -0.436 e. The third kappa shape index (κ3) is 3.71. The molecule has 1 aromatic heterocycles. The van der Waals surface area contributed by atoms with Crippen molar-refractivity contribution in [2.24, 2.45) is 0 Å². The molecular formula is C44H28N2O. The summed E-state index contributed by atoms with van der Waals surface area (Å²) in [5.41, 5.74) is 17.3. The highest BCUT2D eigenvalue weighted by atomic mass is 16.3. The molecule has 0 unspecified atom stereocenters. The van der Waals surface area contributed by atoms with Gasteiger partial charge < -0.3 is 9.73 Å². The summed E-state index contributed by atoms with van der Waals surface area (Å²) in [5, 5.41) is 3.80. The average molecular weight is 601 g/mol. The summed E-state index contributed by atoms with van der Waals surface area (Å²) in [7, 11) is 0. The van der Waals surface area contributed by atoms with Crippen molar-refractivity contribution in [2.45, 2.75) is 5.41 Å². The van der Waals surface area contributed by atoms with Crippen molar-refractivity contribution in [2.75, 3.05) is 5.32 Å². The summed E-state index contributed by atoms with van der Waals surface area (Å²) in [6.45, 7) is 0. The van der Waals surface area contributed by atoms with Crippen LogP contribution in [0.2, 0.25) is 0 Å². The predicted molar refractivity (Wildman–Crippen MR) is 191 cm³/mol. The maximum absolute atomic E-state index is 5.97. The summed E-state index contributed by atoms with van der Waals surface area (Å²) in [5.74, 6) is 0.639. The highest BCUT2D eigenvalue weighted by Crippen LogP contribution is 2.63. The number of anilines is 2. The van der Waals surface area contributed by atoms with Crippen molar-refractivity contribution in [3.05, 3.63) is 186 Å². The van der Waals surface area contributed by atoms with E-state index in [9.17, 15) is 0 Å². The van der Waals surface area contributed by atoms with Crippen LogP contribution in [-0.4, -0.2) is 4.98 Å². The fourth-order valence-corrected chi connectivity index (χ4v) is 7.95. The maximum Gasteiger partial charge on any atom is 0.227 e. The Labute approximate surface area is 272 Å². The molecule has 3 nitrogen and oxygen atoms in total. The van der Waals surface area contributed by atoms with Gasteiger partial charge in [-0.1, -0.05) is 121 Å². The normalized spacial score (nSPS) is 13.3. The molecule has 10 rings (SSSR count). The highest BCUT2D eigenvalue weighted by molar-refractivity contribution is 5.99. The van der Waals surface area contributed by atoms with Gasteiger partial charge in [-0.25, -0.2) is 4.98 Å². The van der Waals surface area contributed by atoms with Crippen LogP contribution in [0.15, 0.2) is 168 Å². The standard InChI is InChI=1S/C44H28N2O/c1-4-13-35-32(10-1)33-11-2-5-14-36(33)44(35)37-15-6-3-12-34(37)42-38(44)16-9-18-40(42)45-31-26-24-29(25-27-31)28-20-22-30(23-21-28)43-46-39-17-7-8-19-41(39)47-43/h1-27,45H. The molecule has 0 radical (unpaired) electrons. The quantitative estimate of drug-likeness (QED) is 0.218. The Morgan fingerprint density at radius 1 is 0.447 bits per heavy atom. The van der Waals surface area contributed by atoms with Crippen LogP contribution in [0.25, 0.3) is 55.9 Å². The van der Waals surface area contributed by atoms with E-state index in [-0.39, 0.29) is 5.41 Å². The van der Waals surface area contributed by atoms with Gasteiger partial charge in [0.15, 0.2) is 5.58 Å². The zero-order chi connectivity index (χ0) is 31.0. The van der Waals surface area contributed by atoms with E-state index in [0.717, 1.165) is 39.2 Å². The Balaban J connectivity index is 1.01. The molecule has 7 aromatic carbocycles. The molecule has 0 amide bonds. The lowest BCUT2D eigenvalue weighted by Crippen LogP contribution is -2.25. The Hall–Kier alpha value is -6.19. The molecule has 8 aromatic rings. The molecule has 0 aliphatic heterocycles. The van der Waals surface area contributed by atoms with Gasteiger partial charge in [-0.15, -0.1) is 0 Å². The van der Waals surface area contributed by atoms with E-state index >= 15 is 0 Å². The number of benzene rings is 7. The van der Waals surface area contributed by atoms with Gasteiger partial charge in [0.1, 0.15) is 5.52 Å². The van der Waals surface area contributed by atoms with Crippen molar-refractivity contribution >= 4 is 22.5 Å². The van der Waals surface area contributed by atoms with Crippen molar-refractivity contribution in [1.82, 2.24) is 4.98 Å². The van der Waals surface area contributed by atoms with Crippen LogP contribution < -0.4 is 5.32 Å². The Morgan fingerprint density at radius 2 is 0.979 bits per heavy atom. The molecule has 47 heavy (non-hydrogen) atoms. The second kappa shape index (κ2) is 9.90. The number of hydrogen-bond acceptors (Lipinski definition) is 3. The van der Waals surface area contributed by atoms with Crippen LogP contribution in [0, 0.1) is 0 Å². The molecule has 2 aliphatic rings. The third-order valence-corrected chi connectivity index (χ3v) is 9.94. The summed E-state index contributed by atoms with van der Waals surface area (Å²) in [6.07, 6.45) is 0. The van der Waals surface area contributed by atoms with E-state index < -0.39 is 0 Å². The lowest BCUT2D eigenvalue weighted by molar-refractivity contribution is 0.620. The molecule has 0 bridgehead atoms. The Bertz CT molecular complexity index is 2410. The number of rotatable bonds is 4. The molecule has 0 saturated heterocycles. The van der Waals surface area contributed by atoms with E-state index in [1.165, 1.54) is 44.5 Å². The van der Waals surface area contributed by atoms with E-state index in [1.54, 1.807) is 0 Å². The molecule has 0 saturated carbocycles. The summed E-state index contributed by atoms with van der Waals surface area (Å²) in [4.78, 5) is 4.65. The number of oxazole rings is 1. The van der Waals surface area contributed by atoms with Crippen molar-refractivity contribution in [1.29, 1.82) is 0 Å². The van der Waals surface area contributed by atoms with Crippen LogP contribution in [0.3, 0.4) is 0 Å². The van der Waals surface area contributed by atoms with Gasteiger partial charge in [-0.2, -0.15) is 0 Å². The Morgan fingerprint density at radius 3 is 1.66 bits per heavy atom. The van der Waals surface area contributed by atoms with E-state index in [4.69, 9.17) is 4.42 Å². The van der Waals surface area contributed by atoms with Gasteiger partial charge >= 0.3 is 0 Å². The van der Waals surface area contributed by atoms with Crippen LogP contribution in [0.4, 0.5) is 11.4 Å². The van der Waals surface area contributed by atoms with Crippen molar-refractivity contribution < 1.29 is 4.42 Å². The fourth-order valence-electron chi connectivity index (χ4n) is 7.95. The van der Waals surface area contributed by atoms with E-state index in [0.29, 0.717) is 5.89 Å². The molecule has 1 N–H and O–H groups in total. The lowest BCUT2D eigenvalue weighted by atomic mass is 9.70. The first-order valence-electron chi connectivity index (χ1n) is 16.1. The lowest BCUT2D eigenvalue weighted by Gasteiger charge is -2.30. The molecule has 1 spiro atoms. The van der Waals surface area contributed by atoms with Gasteiger partial charge in [-0.3, -0.25) is 0 Å². The van der Waals surface area contributed by atoms with Crippen molar-refractivity contribution in [3.63, 3.8) is 0 Å². The third-order valence-electron chi connectivity index (χ3n) is 9.94. The zero-order valence-electron chi connectivity index (χ0n) is 25.4. The van der Waals surface area contributed by atoms with Crippen molar-refractivity contribution in [3.8, 4) is 44.8 Å². The SMILES string of the molecule is c1ccc2c(c1)-c1ccccc1C21c2ccccc2-c2c(Nc3ccc(-c4ccc(-c5nc6ccccc6o5)cc4)cc3)cccc21. The Kier molecular flexibility index (Phi) is 5.49. The van der Waals surface area contributed by atoms with Crippen LogP contribution in [-0.2, 0) is 5.41 Å². The zero-order valence-corrected chi connectivity index (χ0v) is 25.4. The number of nitrogens with one attached hydrogen (secondary N) is 1. The van der Waals surface area contributed by atoms with E-state index in [1.807, 2.05) is 24.3 Å². The first-order valence-corrected chi connectivity index (χ1v) is 16.1. The molecule has 3 heteroatoms. The topological polar surface area (TPSA) is 38.1 Å². The summed E-state index contributed by atoms with van der Waals surface area (Å²) >= 11 is 0. The van der Waals surface area contributed by atoms with E-state index in [2.05, 4.69) is 150 Å². The maximum atomic E-state index is 5.97. The van der Waals surface area contributed by atoms with Crippen LogP contribution >= 0.6 is 0 Å². The molecule has 1 heterocycles. The molecule has 220 valence electrons. The largest absolute Gasteiger partial charge is 0.436 e. The highest BCUT2D eigenvalue weighted by Gasteiger charge is 2.51. The first kappa shape index (κ1) is 26.1. The first-order chi connectivity index (χ1) is 23.3. The van der Waals surface area contributed by atoms with Crippen LogP contribution in [0.1, 0.15) is 22.3 Å². The second-order valence-electron chi connectivity index (χ2n) is 12.4. The van der Waals surface area contributed by atoms with Gasteiger partial charge in [0.05, 0.1) is 5.41 Å². The number of hydrogen-bond donors (Lipinski definition) is 1. The molecule has 2 aliphatic carbocycles. The number of fused-ring (bicyclic) bond motifs is 11. The van der Waals surface area contributed by atoms with Gasteiger partial charge in [-0.05, 0) is 92.5 Å². The van der Waals surface area contributed by atoms with Crippen LogP contribution in [0.5, 0.6) is 0 Å². The summed E-state index contributed by atoms with van der Waals surface area (Å²) < 4.78 is 5.97. The molecule has 0 atom stereocenters. The minimum absolute atomic E-state index is 0.343.